The molecule has 8 heteroatoms. The van der Waals surface area contributed by atoms with Crippen LogP contribution in [0.25, 0.3) is 16.8 Å². The number of rotatable bonds is 18. The Morgan fingerprint density at radius 3 is 2.37 bits per heavy atom. The van der Waals surface area contributed by atoms with E-state index in [-0.39, 0.29) is 0 Å². The molecule has 0 fully saturated rings. The van der Waals surface area contributed by atoms with Gasteiger partial charge in [0.2, 0.25) is 6.79 Å². The molecule has 0 saturated carbocycles. The van der Waals surface area contributed by atoms with Crippen LogP contribution in [0.3, 0.4) is 0 Å². The minimum absolute atomic E-state index is 0.311. The van der Waals surface area contributed by atoms with Crippen LogP contribution in [0.5, 0.6) is 17.2 Å². The van der Waals surface area contributed by atoms with Crippen molar-refractivity contribution in [1.82, 2.24) is 25.6 Å². The first-order valence-corrected chi connectivity index (χ1v) is 17.4. The third-order valence-corrected chi connectivity index (χ3v) is 8.84. The maximum absolute atomic E-state index is 5.89. The highest BCUT2D eigenvalue weighted by Crippen LogP contribution is 2.34. The molecule has 49 heavy (non-hydrogen) atoms. The van der Waals surface area contributed by atoms with Crippen molar-refractivity contribution in [2.75, 3.05) is 33.5 Å². The van der Waals surface area contributed by atoms with Crippen LogP contribution in [0.4, 0.5) is 0 Å². The van der Waals surface area contributed by atoms with E-state index in [1.165, 1.54) is 33.4 Å². The molecule has 0 unspecified atom stereocenters. The molecule has 4 aromatic carbocycles. The van der Waals surface area contributed by atoms with Gasteiger partial charge in [0, 0.05) is 13.1 Å². The third-order valence-electron chi connectivity index (χ3n) is 8.84. The van der Waals surface area contributed by atoms with E-state index in [2.05, 4.69) is 125 Å². The molecule has 2 N–H and O–H groups in total. The first kappa shape index (κ1) is 34.0. The van der Waals surface area contributed by atoms with Crippen LogP contribution < -0.4 is 24.8 Å². The summed E-state index contributed by atoms with van der Waals surface area (Å²) in [7, 11) is 1.93. The number of unbranched alkanes of at least 4 members (excludes halogenated alkanes) is 2. The lowest BCUT2D eigenvalue weighted by molar-refractivity contribution is 0.174. The van der Waals surface area contributed by atoms with E-state index in [4.69, 9.17) is 14.2 Å². The van der Waals surface area contributed by atoms with E-state index in [9.17, 15) is 0 Å². The molecular weight excluding hydrogens is 610 g/mol. The molecular formula is C41H47N5O3. The molecule has 1 aliphatic heterocycles. The Morgan fingerprint density at radius 1 is 0.796 bits per heavy atom. The Hall–Kier alpha value is -4.92. The van der Waals surface area contributed by atoms with Crippen molar-refractivity contribution in [3.05, 3.63) is 131 Å². The second-order valence-corrected chi connectivity index (χ2v) is 12.3. The van der Waals surface area contributed by atoms with Crippen LogP contribution in [-0.4, -0.2) is 48.5 Å². The Bertz CT molecular complexity index is 1780. The summed E-state index contributed by atoms with van der Waals surface area (Å²) in [4.78, 5) is 0. The van der Waals surface area contributed by atoms with Crippen molar-refractivity contribution in [2.24, 2.45) is 0 Å². The zero-order valence-electron chi connectivity index (χ0n) is 28.7. The van der Waals surface area contributed by atoms with Crippen LogP contribution in [0.1, 0.15) is 60.6 Å². The summed E-state index contributed by atoms with van der Waals surface area (Å²) in [5, 5.41) is 15.6. The molecule has 2 heterocycles. The molecule has 1 aromatic heterocycles. The van der Waals surface area contributed by atoms with Crippen LogP contribution in [0, 0.1) is 0 Å². The largest absolute Gasteiger partial charge is 0.492 e. The number of benzene rings is 4. The van der Waals surface area contributed by atoms with Crippen LogP contribution in [-0.2, 0) is 19.4 Å². The average Bonchev–Trinajstić information content (AvgIpc) is 3.82. The van der Waals surface area contributed by atoms with Gasteiger partial charge in [-0.15, -0.1) is 5.10 Å². The second kappa shape index (κ2) is 17.5. The standard InChI is InChI=1S/C41H47N5O3/c1-3-38(33-10-6-4-7-11-33)39(34-16-20-37(21-17-34)47-25-24-42-2)26-31-13-18-36(19-14-31)46-29-35(44-45-46)12-8-5-9-23-43-28-32-15-22-40-41(27-32)49-30-48-40/h4,6-7,10-11,13-22,27,29,42-43H,3,5,8-9,12,23-26,28,30H2,1-2H3. The van der Waals surface area contributed by atoms with E-state index in [0.717, 1.165) is 86.8 Å². The van der Waals surface area contributed by atoms with Crippen molar-refractivity contribution in [3.8, 4) is 22.9 Å². The van der Waals surface area contributed by atoms with E-state index < -0.39 is 0 Å². The Labute approximate surface area is 290 Å². The van der Waals surface area contributed by atoms with Gasteiger partial charge in [-0.2, -0.15) is 0 Å². The summed E-state index contributed by atoms with van der Waals surface area (Å²) >= 11 is 0. The summed E-state index contributed by atoms with van der Waals surface area (Å²) in [5.41, 5.74) is 9.66. The highest BCUT2D eigenvalue weighted by atomic mass is 16.7. The van der Waals surface area contributed by atoms with Gasteiger partial charge in [-0.05, 0) is 115 Å². The molecule has 0 amide bonds. The molecule has 254 valence electrons. The maximum atomic E-state index is 5.89. The van der Waals surface area contributed by atoms with Crippen molar-refractivity contribution in [1.29, 1.82) is 0 Å². The smallest absolute Gasteiger partial charge is 0.231 e. The van der Waals surface area contributed by atoms with Crippen molar-refractivity contribution < 1.29 is 14.2 Å². The zero-order valence-corrected chi connectivity index (χ0v) is 28.7. The number of aryl methyl sites for hydroxylation is 1. The molecule has 6 rings (SSSR count). The molecule has 5 aromatic rings. The summed E-state index contributed by atoms with van der Waals surface area (Å²) in [5.74, 6) is 2.55. The molecule has 0 aliphatic carbocycles. The lowest BCUT2D eigenvalue weighted by Gasteiger charge is -2.17. The number of fused-ring (bicyclic) bond motifs is 1. The second-order valence-electron chi connectivity index (χ2n) is 12.3. The van der Waals surface area contributed by atoms with Crippen LogP contribution >= 0.6 is 0 Å². The molecule has 0 saturated heterocycles. The SMILES string of the molecule is CCC(=C(Cc1ccc(-n2cc(CCCCCNCc3ccc4c(c3)OCO4)nn2)cc1)c1ccc(OCCNC)cc1)c1ccccc1. The van der Waals surface area contributed by atoms with Gasteiger partial charge in [0.25, 0.3) is 0 Å². The van der Waals surface area contributed by atoms with Crippen LogP contribution in [0.15, 0.2) is 103 Å². The van der Waals surface area contributed by atoms with E-state index >= 15 is 0 Å². The minimum Gasteiger partial charge on any atom is -0.492 e. The molecule has 8 nitrogen and oxygen atoms in total. The monoisotopic (exact) mass is 657 g/mol. The zero-order chi connectivity index (χ0) is 33.7. The number of aromatic nitrogens is 3. The summed E-state index contributed by atoms with van der Waals surface area (Å²) < 4.78 is 18.6. The fraction of sp³-hybridized carbons (Fsp3) is 0.317. The van der Waals surface area contributed by atoms with Gasteiger partial charge in [0.15, 0.2) is 11.5 Å². The summed E-state index contributed by atoms with van der Waals surface area (Å²) in [6.07, 6.45) is 8.10. The number of nitrogens with one attached hydrogen (secondary N) is 2. The Kier molecular flexibility index (Phi) is 12.1. The van der Waals surface area contributed by atoms with E-state index in [0.29, 0.717) is 13.4 Å². The number of likely N-dealkylation sites (N-methyl/N-ethyl adjacent to an activating group) is 1. The van der Waals surface area contributed by atoms with Gasteiger partial charge in [0.05, 0.1) is 17.6 Å². The van der Waals surface area contributed by atoms with Crippen molar-refractivity contribution >= 4 is 11.1 Å². The van der Waals surface area contributed by atoms with Gasteiger partial charge < -0.3 is 24.8 Å². The topological polar surface area (TPSA) is 82.5 Å². The van der Waals surface area contributed by atoms with Gasteiger partial charge in [-0.25, -0.2) is 4.68 Å². The first-order valence-electron chi connectivity index (χ1n) is 17.4. The highest BCUT2D eigenvalue weighted by Gasteiger charge is 2.14. The van der Waals surface area contributed by atoms with Gasteiger partial charge >= 0.3 is 0 Å². The number of ether oxygens (including phenoxy) is 3. The summed E-state index contributed by atoms with van der Waals surface area (Å²) in [6.45, 7) is 5.81. The number of nitrogens with zero attached hydrogens (tertiary/aromatic N) is 3. The number of hydrogen-bond acceptors (Lipinski definition) is 7. The van der Waals surface area contributed by atoms with Gasteiger partial charge in [-0.1, -0.05) is 79.2 Å². The quantitative estimate of drug-likeness (QED) is 0.0740. The summed E-state index contributed by atoms with van der Waals surface area (Å²) in [6, 6.07) is 34.1. The maximum Gasteiger partial charge on any atom is 0.231 e. The van der Waals surface area contributed by atoms with Gasteiger partial charge in [0.1, 0.15) is 12.4 Å². The van der Waals surface area contributed by atoms with Crippen LogP contribution in [0.2, 0.25) is 0 Å². The average molecular weight is 658 g/mol. The molecule has 0 bridgehead atoms. The predicted octanol–water partition coefficient (Wildman–Crippen LogP) is 7.66. The molecule has 1 aliphatic rings. The lowest BCUT2D eigenvalue weighted by atomic mass is 9.88. The van der Waals surface area contributed by atoms with Crippen molar-refractivity contribution in [2.45, 2.75) is 52.0 Å². The minimum atomic E-state index is 0.311. The fourth-order valence-corrected chi connectivity index (χ4v) is 6.16. The first-order chi connectivity index (χ1) is 24.2. The third kappa shape index (κ3) is 9.37. The highest BCUT2D eigenvalue weighted by molar-refractivity contribution is 5.91. The Morgan fingerprint density at radius 2 is 1.57 bits per heavy atom. The van der Waals surface area contributed by atoms with Gasteiger partial charge in [-0.3, -0.25) is 0 Å². The number of allylic oxidation sites excluding steroid dienone is 2. The Balaban J connectivity index is 1.03. The predicted molar refractivity (Wildman–Crippen MR) is 196 cm³/mol. The van der Waals surface area contributed by atoms with E-state index in [1.54, 1.807) is 0 Å². The van der Waals surface area contributed by atoms with Crippen molar-refractivity contribution in [3.63, 3.8) is 0 Å². The van der Waals surface area contributed by atoms with E-state index in [1.807, 2.05) is 17.8 Å². The normalized spacial score (nSPS) is 12.6. The lowest BCUT2D eigenvalue weighted by Crippen LogP contribution is -2.15. The molecule has 0 spiro atoms. The molecule has 0 atom stereocenters. The number of hydrogen-bond donors (Lipinski definition) is 2. The fourth-order valence-electron chi connectivity index (χ4n) is 6.16. The molecule has 0 radical (unpaired) electrons.